The summed E-state index contributed by atoms with van der Waals surface area (Å²) in [5.41, 5.74) is 0.868. The summed E-state index contributed by atoms with van der Waals surface area (Å²) in [7, 11) is 2.12. The van der Waals surface area contributed by atoms with Crippen molar-refractivity contribution in [3.63, 3.8) is 0 Å². The molecule has 5 nitrogen and oxygen atoms in total. The van der Waals surface area contributed by atoms with Crippen LogP contribution in [0.15, 0.2) is 12.4 Å². The fourth-order valence-corrected chi connectivity index (χ4v) is 1.72. The van der Waals surface area contributed by atoms with E-state index in [2.05, 4.69) is 26.8 Å². The molecule has 0 bridgehead atoms. The van der Waals surface area contributed by atoms with Crippen molar-refractivity contribution in [1.82, 2.24) is 14.9 Å². The first-order chi connectivity index (χ1) is 7.79. The second-order valence-electron chi connectivity index (χ2n) is 4.05. The molecule has 5 heteroatoms. The van der Waals surface area contributed by atoms with E-state index in [1.807, 2.05) is 0 Å². The van der Waals surface area contributed by atoms with Crippen molar-refractivity contribution < 1.29 is 4.79 Å². The number of anilines is 1. The molecule has 2 rings (SSSR count). The predicted molar refractivity (Wildman–Crippen MR) is 61.5 cm³/mol. The Morgan fingerprint density at radius 2 is 1.88 bits per heavy atom. The third-order valence-electron chi connectivity index (χ3n) is 2.80. The number of carbonyl (C=O) groups excluding carboxylic acids is 1. The van der Waals surface area contributed by atoms with Crippen LogP contribution >= 0.6 is 0 Å². The number of carbonyl (C=O) groups is 1. The molecule has 1 saturated heterocycles. The normalized spacial score (nSPS) is 17.4. The molecule has 0 aliphatic carbocycles. The van der Waals surface area contributed by atoms with Gasteiger partial charge in [-0.25, -0.2) is 9.97 Å². The molecular weight excluding hydrogens is 204 g/mol. The summed E-state index contributed by atoms with van der Waals surface area (Å²) < 4.78 is 0. The molecule has 0 atom stereocenters. The highest BCUT2D eigenvalue weighted by Crippen LogP contribution is 2.09. The standard InChI is InChI=1S/C11H16N4O/c1-14-3-5-15(6-4-14)11-12-8-10(2-7-16)9-13-11/h7-9H,2-6H2,1H3. The lowest BCUT2D eigenvalue weighted by atomic mass is 10.3. The summed E-state index contributed by atoms with van der Waals surface area (Å²) >= 11 is 0. The van der Waals surface area contributed by atoms with Gasteiger partial charge in [0.2, 0.25) is 5.95 Å². The van der Waals surface area contributed by atoms with E-state index in [0.29, 0.717) is 6.42 Å². The third-order valence-corrected chi connectivity index (χ3v) is 2.80. The van der Waals surface area contributed by atoms with Crippen molar-refractivity contribution in [1.29, 1.82) is 0 Å². The van der Waals surface area contributed by atoms with Crippen molar-refractivity contribution >= 4 is 12.2 Å². The van der Waals surface area contributed by atoms with Gasteiger partial charge in [-0.15, -0.1) is 0 Å². The highest BCUT2D eigenvalue weighted by Gasteiger charge is 2.15. The van der Waals surface area contributed by atoms with Gasteiger partial charge in [-0.2, -0.15) is 0 Å². The number of likely N-dealkylation sites (N-methyl/N-ethyl adjacent to an activating group) is 1. The Labute approximate surface area is 95.1 Å². The van der Waals surface area contributed by atoms with E-state index < -0.39 is 0 Å². The molecule has 0 aromatic carbocycles. The maximum absolute atomic E-state index is 10.3. The minimum absolute atomic E-state index is 0.392. The van der Waals surface area contributed by atoms with Crippen LogP contribution in [0.3, 0.4) is 0 Å². The summed E-state index contributed by atoms with van der Waals surface area (Å²) in [5, 5.41) is 0. The summed E-state index contributed by atoms with van der Waals surface area (Å²) in [6.45, 7) is 4.01. The molecule has 16 heavy (non-hydrogen) atoms. The molecule has 0 amide bonds. The van der Waals surface area contributed by atoms with E-state index in [9.17, 15) is 4.79 Å². The predicted octanol–water partition coefficient (Wildman–Crippen LogP) is -0.0302. The second-order valence-corrected chi connectivity index (χ2v) is 4.05. The highest BCUT2D eigenvalue weighted by molar-refractivity contribution is 5.54. The fourth-order valence-electron chi connectivity index (χ4n) is 1.72. The lowest BCUT2D eigenvalue weighted by Crippen LogP contribution is -2.45. The van der Waals surface area contributed by atoms with Gasteiger partial charge in [0.15, 0.2) is 0 Å². The molecule has 1 aliphatic heterocycles. The SMILES string of the molecule is CN1CCN(c2ncc(CC=O)cn2)CC1. The molecule has 2 heterocycles. The smallest absolute Gasteiger partial charge is 0.225 e. The number of nitrogens with zero attached hydrogens (tertiary/aromatic N) is 4. The number of aldehydes is 1. The topological polar surface area (TPSA) is 49.3 Å². The minimum Gasteiger partial charge on any atom is -0.338 e. The van der Waals surface area contributed by atoms with Crippen molar-refractivity contribution in [3.8, 4) is 0 Å². The first kappa shape index (κ1) is 11.0. The minimum atomic E-state index is 0.392. The quantitative estimate of drug-likeness (QED) is 0.669. The Kier molecular flexibility index (Phi) is 3.46. The molecule has 1 fully saturated rings. The zero-order chi connectivity index (χ0) is 11.4. The van der Waals surface area contributed by atoms with Crippen molar-refractivity contribution in [2.24, 2.45) is 0 Å². The molecular formula is C11H16N4O. The zero-order valence-electron chi connectivity index (χ0n) is 9.46. The second kappa shape index (κ2) is 5.03. The largest absolute Gasteiger partial charge is 0.338 e. The molecule has 1 aliphatic rings. The fraction of sp³-hybridized carbons (Fsp3) is 0.545. The molecule has 1 aromatic heterocycles. The van der Waals surface area contributed by atoms with Gasteiger partial charge in [0, 0.05) is 45.0 Å². The van der Waals surface area contributed by atoms with Crippen LogP contribution in [-0.4, -0.2) is 54.4 Å². The number of hydrogen-bond acceptors (Lipinski definition) is 5. The number of piperazine rings is 1. The number of aromatic nitrogens is 2. The summed E-state index contributed by atoms with van der Waals surface area (Å²) in [6, 6.07) is 0. The van der Waals surface area contributed by atoms with Gasteiger partial charge >= 0.3 is 0 Å². The van der Waals surface area contributed by atoms with Crippen molar-refractivity contribution in [3.05, 3.63) is 18.0 Å². The van der Waals surface area contributed by atoms with Gasteiger partial charge in [-0.05, 0) is 12.6 Å². The first-order valence-corrected chi connectivity index (χ1v) is 5.47. The van der Waals surface area contributed by atoms with Gasteiger partial charge < -0.3 is 14.6 Å². The van der Waals surface area contributed by atoms with Crippen LogP contribution in [0.2, 0.25) is 0 Å². The van der Waals surface area contributed by atoms with Crippen LogP contribution in [0.5, 0.6) is 0 Å². The Balaban J connectivity index is 2.01. The monoisotopic (exact) mass is 220 g/mol. The zero-order valence-corrected chi connectivity index (χ0v) is 9.46. The molecule has 0 unspecified atom stereocenters. The van der Waals surface area contributed by atoms with E-state index in [0.717, 1.165) is 44.0 Å². The van der Waals surface area contributed by atoms with Crippen LogP contribution in [0.25, 0.3) is 0 Å². The average Bonchev–Trinajstić information content (AvgIpc) is 2.32. The van der Waals surface area contributed by atoms with Crippen molar-refractivity contribution in [2.75, 3.05) is 38.1 Å². The maximum Gasteiger partial charge on any atom is 0.225 e. The van der Waals surface area contributed by atoms with Gasteiger partial charge in [0.25, 0.3) is 0 Å². The van der Waals surface area contributed by atoms with E-state index in [-0.39, 0.29) is 0 Å². The molecule has 0 radical (unpaired) electrons. The number of rotatable bonds is 3. The molecule has 0 saturated carbocycles. The number of hydrogen-bond donors (Lipinski definition) is 0. The van der Waals surface area contributed by atoms with E-state index in [1.165, 1.54) is 0 Å². The van der Waals surface area contributed by atoms with Crippen LogP contribution in [0.4, 0.5) is 5.95 Å². The Hall–Kier alpha value is -1.49. The Morgan fingerprint density at radius 3 is 2.44 bits per heavy atom. The van der Waals surface area contributed by atoms with E-state index >= 15 is 0 Å². The van der Waals surface area contributed by atoms with Crippen LogP contribution in [-0.2, 0) is 11.2 Å². The van der Waals surface area contributed by atoms with E-state index in [1.54, 1.807) is 12.4 Å². The third kappa shape index (κ3) is 2.55. The molecule has 0 spiro atoms. The summed E-state index contributed by atoms with van der Waals surface area (Å²) in [4.78, 5) is 23.4. The average molecular weight is 220 g/mol. The molecule has 86 valence electrons. The van der Waals surface area contributed by atoms with Gasteiger partial charge in [-0.1, -0.05) is 0 Å². The van der Waals surface area contributed by atoms with Crippen LogP contribution in [0, 0.1) is 0 Å². The van der Waals surface area contributed by atoms with Gasteiger partial charge in [0.1, 0.15) is 6.29 Å². The maximum atomic E-state index is 10.3. The van der Waals surface area contributed by atoms with Crippen LogP contribution < -0.4 is 4.90 Å². The Morgan fingerprint density at radius 1 is 1.25 bits per heavy atom. The lowest BCUT2D eigenvalue weighted by molar-refractivity contribution is -0.107. The molecule has 0 N–H and O–H groups in total. The first-order valence-electron chi connectivity index (χ1n) is 5.47. The molecule has 1 aromatic rings. The van der Waals surface area contributed by atoms with Gasteiger partial charge in [-0.3, -0.25) is 0 Å². The summed E-state index contributed by atoms with van der Waals surface area (Å²) in [5.74, 6) is 0.766. The van der Waals surface area contributed by atoms with E-state index in [4.69, 9.17) is 0 Å². The summed E-state index contributed by atoms with van der Waals surface area (Å²) in [6.07, 6.45) is 4.72. The van der Waals surface area contributed by atoms with Crippen LogP contribution in [0.1, 0.15) is 5.56 Å². The van der Waals surface area contributed by atoms with Crippen molar-refractivity contribution in [2.45, 2.75) is 6.42 Å². The lowest BCUT2D eigenvalue weighted by Gasteiger charge is -2.32. The highest BCUT2D eigenvalue weighted by atomic mass is 16.1. The van der Waals surface area contributed by atoms with Gasteiger partial charge in [0.05, 0.1) is 0 Å². The Bertz CT molecular complexity index is 344.